The van der Waals surface area contributed by atoms with Gasteiger partial charge in [-0.05, 0) is 32.0 Å². The van der Waals surface area contributed by atoms with Crippen molar-refractivity contribution in [3.05, 3.63) is 41.2 Å². The Morgan fingerprint density at radius 3 is 2.72 bits per heavy atom. The second kappa shape index (κ2) is 7.82. The van der Waals surface area contributed by atoms with Crippen LogP contribution in [0.4, 0.5) is 0 Å². The summed E-state index contributed by atoms with van der Waals surface area (Å²) in [6.45, 7) is 3.44. The molecule has 1 aromatic carbocycles. The number of aromatic nitrogens is 1. The van der Waals surface area contributed by atoms with Gasteiger partial charge in [-0.25, -0.2) is 0 Å². The van der Waals surface area contributed by atoms with Crippen LogP contribution in [0.1, 0.15) is 21.7 Å². The Balaban J connectivity index is 1.45. The number of ketones is 1. The van der Waals surface area contributed by atoms with Gasteiger partial charge < -0.3 is 23.7 Å². The highest BCUT2D eigenvalue weighted by Gasteiger charge is 2.25. The Labute approximate surface area is 171 Å². The molecule has 4 rings (SSSR count). The number of nitrogens with zero attached hydrogens (tertiary/aromatic N) is 2. The van der Waals surface area contributed by atoms with Gasteiger partial charge in [0.1, 0.15) is 6.54 Å². The average Bonchev–Trinajstić information content (AvgIpc) is 3.39. The van der Waals surface area contributed by atoms with Crippen molar-refractivity contribution in [2.24, 2.45) is 0 Å². The predicted octanol–water partition coefficient (Wildman–Crippen LogP) is 2.08. The minimum absolute atomic E-state index is 0.0921. The molecular formula is C20H20N2O6S. The highest BCUT2D eigenvalue weighted by Crippen LogP contribution is 2.34. The Morgan fingerprint density at radius 2 is 1.97 bits per heavy atom. The largest absolute Gasteiger partial charge is 0.456 e. The molecule has 1 saturated heterocycles. The molecule has 2 aliphatic heterocycles. The molecule has 2 aromatic rings. The number of carbonyl (C=O) groups excluding carboxylic acids is 3. The van der Waals surface area contributed by atoms with E-state index in [9.17, 15) is 14.4 Å². The minimum atomic E-state index is -0.584. The number of amides is 1. The van der Waals surface area contributed by atoms with Crippen LogP contribution >= 0.6 is 11.8 Å². The molecule has 0 unspecified atom stereocenters. The van der Waals surface area contributed by atoms with Crippen molar-refractivity contribution >= 4 is 29.4 Å². The Hall–Kier alpha value is -2.94. The molecule has 0 saturated carbocycles. The fraction of sp³-hybridized carbons (Fsp3) is 0.350. The molecule has 152 valence electrons. The lowest BCUT2D eigenvalue weighted by atomic mass is 10.1. The summed E-state index contributed by atoms with van der Waals surface area (Å²) in [6, 6.07) is 7.36. The number of fused-ring (bicyclic) bond motifs is 1. The van der Waals surface area contributed by atoms with E-state index in [0.29, 0.717) is 28.7 Å². The average molecular weight is 416 g/mol. The zero-order valence-corrected chi connectivity index (χ0v) is 16.9. The van der Waals surface area contributed by atoms with Crippen molar-refractivity contribution in [3.63, 3.8) is 0 Å². The summed E-state index contributed by atoms with van der Waals surface area (Å²) >= 11 is 1.45. The first-order valence-electron chi connectivity index (χ1n) is 9.07. The predicted molar refractivity (Wildman–Crippen MR) is 106 cm³/mol. The maximum Gasteiger partial charge on any atom is 0.326 e. The summed E-state index contributed by atoms with van der Waals surface area (Å²) < 4.78 is 17.8. The van der Waals surface area contributed by atoms with E-state index in [1.165, 1.54) is 16.7 Å². The molecule has 0 bridgehead atoms. The van der Waals surface area contributed by atoms with Gasteiger partial charge in [0.15, 0.2) is 18.1 Å². The minimum Gasteiger partial charge on any atom is -0.456 e. The summed E-state index contributed by atoms with van der Waals surface area (Å²) in [4.78, 5) is 37.6. The Kier molecular flexibility index (Phi) is 5.23. The number of carbonyl (C=O) groups is 3. The van der Waals surface area contributed by atoms with Gasteiger partial charge in [-0.3, -0.25) is 14.4 Å². The molecular weight excluding hydrogens is 396 g/mol. The summed E-state index contributed by atoms with van der Waals surface area (Å²) in [7, 11) is 0. The second-order valence-electron chi connectivity index (χ2n) is 6.81. The van der Waals surface area contributed by atoms with Crippen LogP contribution in [-0.4, -0.2) is 58.7 Å². The van der Waals surface area contributed by atoms with Crippen molar-refractivity contribution in [1.82, 2.24) is 9.47 Å². The number of ether oxygens (including phenoxy) is 3. The first-order chi connectivity index (χ1) is 13.9. The van der Waals surface area contributed by atoms with Crippen molar-refractivity contribution in [3.8, 4) is 17.2 Å². The molecule has 1 amide bonds. The molecule has 9 heteroatoms. The molecule has 1 aromatic heterocycles. The smallest absolute Gasteiger partial charge is 0.326 e. The summed E-state index contributed by atoms with van der Waals surface area (Å²) in [5.41, 5.74) is 2.95. The van der Waals surface area contributed by atoms with E-state index in [2.05, 4.69) is 0 Å². The quantitative estimate of drug-likeness (QED) is 0.526. The van der Waals surface area contributed by atoms with Crippen molar-refractivity contribution in [2.75, 3.05) is 31.6 Å². The first kappa shape index (κ1) is 19.4. The monoisotopic (exact) mass is 416 g/mol. The topological polar surface area (TPSA) is 87.1 Å². The van der Waals surface area contributed by atoms with Crippen molar-refractivity contribution < 1.29 is 28.6 Å². The SMILES string of the molecule is Cc1cc(C(=O)COC(=O)CN2CSCC2=O)c(C)n1-c1ccc2c(c1)OCO2. The highest BCUT2D eigenvalue weighted by molar-refractivity contribution is 8.00. The molecule has 8 nitrogen and oxygen atoms in total. The van der Waals surface area contributed by atoms with Gasteiger partial charge in [-0.2, -0.15) is 0 Å². The normalized spacial score (nSPS) is 15.1. The van der Waals surface area contributed by atoms with Gasteiger partial charge >= 0.3 is 5.97 Å². The van der Waals surface area contributed by atoms with E-state index < -0.39 is 5.97 Å². The lowest BCUT2D eigenvalue weighted by Gasteiger charge is -2.13. The number of rotatable bonds is 6. The van der Waals surface area contributed by atoms with Crippen molar-refractivity contribution in [1.29, 1.82) is 0 Å². The lowest BCUT2D eigenvalue weighted by Crippen LogP contribution is -2.33. The molecule has 3 heterocycles. The van der Waals surface area contributed by atoms with E-state index >= 15 is 0 Å². The number of hydrogen-bond acceptors (Lipinski definition) is 7. The van der Waals surface area contributed by atoms with Crippen LogP contribution in [0.25, 0.3) is 5.69 Å². The molecule has 29 heavy (non-hydrogen) atoms. The van der Waals surface area contributed by atoms with Gasteiger partial charge in [-0.15, -0.1) is 11.8 Å². The number of thioether (sulfide) groups is 1. The zero-order chi connectivity index (χ0) is 20.5. The zero-order valence-electron chi connectivity index (χ0n) is 16.1. The van der Waals surface area contributed by atoms with E-state index in [0.717, 1.165) is 17.1 Å². The third-order valence-electron chi connectivity index (χ3n) is 4.86. The van der Waals surface area contributed by atoms with Crippen LogP contribution in [0.2, 0.25) is 0 Å². The standard InChI is InChI=1S/C20H20N2O6S/c1-12-5-15(16(23)8-26-20(25)7-21-10-29-9-19(21)24)13(2)22(12)14-3-4-17-18(6-14)28-11-27-17/h3-6H,7-11H2,1-2H3. The highest BCUT2D eigenvalue weighted by atomic mass is 32.2. The van der Waals surface area contributed by atoms with Crippen LogP contribution in [-0.2, 0) is 14.3 Å². The fourth-order valence-electron chi connectivity index (χ4n) is 3.43. The van der Waals surface area contributed by atoms with Crippen molar-refractivity contribution in [2.45, 2.75) is 13.8 Å². The van der Waals surface area contributed by atoms with Crippen LogP contribution in [0, 0.1) is 13.8 Å². The lowest BCUT2D eigenvalue weighted by molar-refractivity contribution is -0.146. The Bertz CT molecular complexity index is 999. The third kappa shape index (κ3) is 3.82. The van der Waals surface area contributed by atoms with Gasteiger partial charge in [0, 0.05) is 28.7 Å². The molecule has 1 fully saturated rings. The number of hydrogen-bond donors (Lipinski definition) is 0. The van der Waals surface area contributed by atoms with Gasteiger partial charge in [0.25, 0.3) is 0 Å². The van der Waals surface area contributed by atoms with Crippen LogP contribution in [0.3, 0.4) is 0 Å². The third-order valence-corrected chi connectivity index (χ3v) is 5.80. The van der Waals surface area contributed by atoms with E-state index in [-0.39, 0.29) is 31.6 Å². The number of benzene rings is 1. The molecule has 0 N–H and O–H groups in total. The van der Waals surface area contributed by atoms with Crippen LogP contribution in [0.15, 0.2) is 24.3 Å². The number of esters is 1. The van der Waals surface area contributed by atoms with Gasteiger partial charge in [0.05, 0.1) is 11.6 Å². The van der Waals surface area contributed by atoms with E-state index in [1.54, 1.807) is 6.07 Å². The molecule has 0 aliphatic carbocycles. The fourth-order valence-corrected chi connectivity index (χ4v) is 4.34. The molecule has 0 radical (unpaired) electrons. The first-order valence-corrected chi connectivity index (χ1v) is 10.2. The Morgan fingerprint density at radius 1 is 1.17 bits per heavy atom. The maximum absolute atomic E-state index is 12.6. The molecule has 0 spiro atoms. The van der Waals surface area contributed by atoms with E-state index in [4.69, 9.17) is 14.2 Å². The van der Waals surface area contributed by atoms with Crippen LogP contribution in [0.5, 0.6) is 11.5 Å². The van der Waals surface area contributed by atoms with E-state index in [1.807, 2.05) is 36.6 Å². The summed E-state index contributed by atoms with van der Waals surface area (Å²) in [6.07, 6.45) is 0. The molecule has 0 atom stereocenters. The maximum atomic E-state index is 12.6. The summed E-state index contributed by atoms with van der Waals surface area (Å²) in [5.74, 6) is 1.22. The van der Waals surface area contributed by atoms with Gasteiger partial charge in [-0.1, -0.05) is 0 Å². The van der Waals surface area contributed by atoms with Crippen LogP contribution < -0.4 is 9.47 Å². The van der Waals surface area contributed by atoms with Gasteiger partial charge in [0.2, 0.25) is 18.5 Å². The molecule has 2 aliphatic rings. The summed E-state index contributed by atoms with van der Waals surface area (Å²) in [5, 5.41) is 0. The second-order valence-corrected chi connectivity index (χ2v) is 7.77. The number of Topliss-reactive ketones (excluding diaryl/α,β-unsaturated/α-hetero) is 1. The number of aryl methyl sites for hydroxylation is 1.